The number of hydrogen-bond donors (Lipinski definition) is 3. The van der Waals surface area contributed by atoms with Gasteiger partial charge in [-0.25, -0.2) is 0 Å². The summed E-state index contributed by atoms with van der Waals surface area (Å²) in [6.45, 7) is 5.34. The molecule has 2 aromatic rings. The van der Waals surface area contributed by atoms with Gasteiger partial charge in [0.05, 0.1) is 4.92 Å². The number of nitro groups is 1. The zero-order valence-electron chi connectivity index (χ0n) is 13.6. The van der Waals surface area contributed by atoms with E-state index in [1.165, 1.54) is 17.7 Å². The number of thiocarbonyl (C=S) groups is 1. The number of nitrogens with zero attached hydrogens (tertiary/aromatic N) is 1. The molecule has 0 spiro atoms. The highest BCUT2D eigenvalue weighted by Gasteiger charge is 2.04. The van der Waals surface area contributed by atoms with Crippen LogP contribution in [0.5, 0.6) is 0 Å². The summed E-state index contributed by atoms with van der Waals surface area (Å²) < 4.78 is 0. The number of aryl methyl sites for hydroxylation is 2. The molecule has 0 atom stereocenters. The van der Waals surface area contributed by atoms with Crippen LogP contribution in [0.3, 0.4) is 0 Å². The quantitative estimate of drug-likeness (QED) is 0.321. The standard InChI is InChI=1S/C17H20N4O2S/c1-12-3-4-13(2)16(11-12)20-17(24)19-10-9-18-14-5-7-15(8-6-14)21(22)23/h3-8,11,18H,9-10H2,1-2H3,(H2,19,20,24). The molecule has 0 saturated carbocycles. The normalized spacial score (nSPS) is 10.1. The SMILES string of the molecule is Cc1ccc(C)c(NC(=S)NCCNc2ccc([N+](=O)[O-])cc2)c1. The summed E-state index contributed by atoms with van der Waals surface area (Å²) in [6.07, 6.45) is 0. The van der Waals surface area contributed by atoms with Crippen LogP contribution in [-0.4, -0.2) is 23.1 Å². The molecule has 0 heterocycles. The molecule has 24 heavy (non-hydrogen) atoms. The first-order chi connectivity index (χ1) is 11.5. The second-order valence-electron chi connectivity index (χ2n) is 5.43. The summed E-state index contributed by atoms with van der Waals surface area (Å²) in [5.74, 6) is 0. The van der Waals surface area contributed by atoms with E-state index < -0.39 is 4.92 Å². The Hall–Kier alpha value is -2.67. The van der Waals surface area contributed by atoms with Crippen LogP contribution in [0.1, 0.15) is 11.1 Å². The van der Waals surface area contributed by atoms with Crippen molar-refractivity contribution in [2.45, 2.75) is 13.8 Å². The Morgan fingerprint density at radius 3 is 2.50 bits per heavy atom. The molecule has 0 unspecified atom stereocenters. The Labute approximate surface area is 146 Å². The summed E-state index contributed by atoms with van der Waals surface area (Å²) in [6, 6.07) is 12.5. The second-order valence-corrected chi connectivity index (χ2v) is 5.84. The lowest BCUT2D eigenvalue weighted by molar-refractivity contribution is -0.384. The van der Waals surface area contributed by atoms with Crippen LogP contribution >= 0.6 is 12.2 Å². The summed E-state index contributed by atoms with van der Waals surface area (Å²) in [4.78, 5) is 10.2. The van der Waals surface area contributed by atoms with E-state index in [9.17, 15) is 10.1 Å². The minimum Gasteiger partial charge on any atom is -0.383 e. The van der Waals surface area contributed by atoms with Crippen LogP contribution in [0.4, 0.5) is 17.1 Å². The third-order valence-electron chi connectivity index (χ3n) is 3.46. The maximum Gasteiger partial charge on any atom is 0.269 e. The maximum absolute atomic E-state index is 10.6. The molecular weight excluding hydrogens is 324 g/mol. The van der Waals surface area contributed by atoms with Crippen LogP contribution in [0.15, 0.2) is 42.5 Å². The highest BCUT2D eigenvalue weighted by Crippen LogP contribution is 2.16. The van der Waals surface area contributed by atoms with Crippen molar-refractivity contribution in [3.63, 3.8) is 0 Å². The zero-order chi connectivity index (χ0) is 17.5. The predicted octanol–water partition coefficient (Wildman–Crippen LogP) is 3.61. The van der Waals surface area contributed by atoms with Gasteiger partial charge in [-0.1, -0.05) is 12.1 Å². The van der Waals surface area contributed by atoms with E-state index in [0.29, 0.717) is 18.2 Å². The van der Waals surface area contributed by atoms with Crippen molar-refractivity contribution >= 4 is 34.4 Å². The molecule has 0 aliphatic carbocycles. The molecular formula is C17H20N4O2S. The third kappa shape index (κ3) is 5.20. The zero-order valence-corrected chi connectivity index (χ0v) is 14.4. The van der Waals surface area contributed by atoms with Crippen molar-refractivity contribution in [1.29, 1.82) is 0 Å². The monoisotopic (exact) mass is 344 g/mol. The minimum absolute atomic E-state index is 0.0811. The van der Waals surface area contributed by atoms with Gasteiger partial charge in [0, 0.05) is 36.6 Å². The van der Waals surface area contributed by atoms with E-state index in [1.807, 2.05) is 13.8 Å². The van der Waals surface area contributed by atoms with Gasteiger partial charge in [0.25, 0.3) is 5.69 Å². The lowest BCUT2D eigenvalue weighted by atomic mass is 10.1. The van der Waals surface area contributed by atoms with Crippen molar-refractivity contribution in [1.82, 2.24) is 5.32 Å². The summed E-state index contributed by atoms with van der Waals surface area (Å²) in [7, 11) is 0. The molecule has 2 aromatic carbocycles. The van der Waals surface area contributed by atoms with Gasteiger partial charge in [0.1, 0.15) is 0 Å². The van der Waals surface area contributed by atoms with Gasteiger partial charge in [-0.05, 0) is 55.4 Å². The Balaban J connectivity index is 1.74. The average Bonchev–Trinajstić information content (AvgIpc) is 2.55. The molecule has 0 amide bonds. The summed E-state index contributed by atoms with van der Waals surface area (Å²) in [5.41, 5.74) is 4.21. The lowest BCUT2D eigenvalue weighted by Gasteiger charge is -2.13. The summed E-state index contributed by atoms with van der Waals surface area (Å²) >= 11 is 5.29. The first kappa shape index (κ1) is 17.7. The number of anilines is 2. The van der Waals surface area contributed by atoms with Crippen molar-refractivity contribution in [2.75, 3.05) is 23.7 Å². The molecule has 0 aliphatic rings. The van der Waals surface area contributed by atoms with Gasteiger partial charge in [-0.3, -0.25) is 10.1 Å². The maximum atomic E-state index is 10.6. The predicted molar refractivity (Wildman–Crippen MR) is 102 cm³/mol. The molecule has 0 bridgehead atoms. The fraction of sp³-hybridized carbons (Fsp3) is 0.235. The van der Waals surface area contributed by atoms with Gasteiger partial charge in [0.15, 0.2) is 5.11 Å². The second kappa shape index (κ2) is 8.26. The Morgan fingerprint density at radius 2 is 1.83 bits per heavy atom. The summed E-state index contributed by atoms with van der Waals surface area (Å²) in [5, 5.41) is 20.7. The number of hydrogen-bond acceptors (Lipinski definition) is 4. The first-order valence-electron chi connectivity index (χ1n) is 7.56. The van der Waals surface area contributed by atoms with Crippen LogP contribution in [-0.2, 0) is 0 Å². The molecule has 2 rings (SSSR count). The molecule has 6 nitrogen and oxygen atoms in total. The largest absolute Gasteiger partial charge is 0.383 e. The van der Waals surface area contributed by atoms with E-state index in [1.54, 1.807) is 12.1 Å². The fourth-order valence-electron chi connectivity index (χ4n) is 2.12. The van der Waals surface area contributed by atoms with Gasteiger partial charge >= 0.3 is 0 Å². The van der Waals surface area contributed by atoms with E-state index in [2.05, 4.69) is 34.1 Å². The number of benzene rings is 2. The Bertz CT molecular complexity index is 732. The molecule has 0 aromatic heterocycles. The molecule has 0 fully saturated rings. The number of nitro benzene ring substituents is 1. The molecule has 0 saturated heterocycles. The van der Waals surface area contributed by atoms with Crippen molar-refractivity contribution in [3.8, 4) is 0 Å². The average molecular weight is 344 g/mol. The van der Waals surface area contributed by atoms with Crippen molar-refractivity contribution < 1.29 is 4.92 Å². The first-order valence-corrected chi connectivity index (χ1v) is 7.97. The number of nitrogens with one attached hydrogen (secondary N) is 3. The minimum atomic E-state index is -0.414. The van der Waals surface area contributed by atoms with Gasteiger partial charge in [-0.2, -0.15) is 0 Å². The number of rotatable bonds is 6. The molecule has 0 aliphatic heterocycles. The van der Waals surface area contributed by atoms with Crippen LogP contribution in [0.25, 0.3) is 0 Å². The van der Waals surface area contributed by atoms with Crippen LogP contribution < -0.4 is 16.0 Å². The Morgan fingerprint density at radius 1 is 1.12 bits per heavy atom. The molecule has 0 radical (unpaired) electrons. The van der Waals surface area contributed by atoms with E-state index in [4.69, 9.17) is 12.2 Å². The van der Waals surface area contributed by atoms with Gasteiger partial charge in [-0.15, -0.1) is 0 Å². The Kier molecular flexibility index (Phi) is 6.08. The third-order valence-corrected chi connectivity index (χ3v) is 3.71. The highest BCUT2D eigenvalue weighted by atomic mass is 32.1. The van der Waals surface area contributed by atoms with Crippen molar-refractivity contribution in [3.05, 3.63) is 63.7 Å². The van der Waals surface area contributed by atoms with Crippen LogP contribution in [0.2, 0.25) is 0 Å². The highest BCUT2D eigenvalue weighted by molar-refractivity contribution is 7.80. The van der Waals surface area contributed by atoms with Gasteiger partial charge in [0.2, 0.25) is 0 Å². The van der Waals surface area contributed by atoms with Crippen molar-refractivity contribution in [2.24, 2.45) is 0 Å². The topological polar surface area (TPSA) is 79.2 Å². The van der Waals surface area contributed by atoms with E-state index in [0.717, 1.165) is 16.9 Å². The molecule has 3 N–H and O–H groups in total. The van der Waals surface area contributed by atoms with E-state index in [-0.39, 0.29) is 5.69 Å². The molecule has 126 valence electrons. The molecule has 7 heteroatoms. The lowest BCUT2D eigenvalue weighted by Crippen LogP contribution is -2.32. The smallest absolute Gasteiger partial charge is 0.269 e. The van der Waals surface area contributed by atoms with Gasteiger partial charge < -0.3 is 16.0 Å². The van der Waals surface area contributed by atoms with Crippen LogP contribution in [0, 0.1) is 24.0 Å². The number of non-ortho nitro benzene ring substituents is 1. The fourth-order valence-corrected chi connectivity index (χ4v) is 2.33. The van der Waals surface area contributed by atoms with E-state index >= 15 is 0 Å².